The quantitative estimate of drug-likeness (QED) is 0.844. The Morgan fingerprint density at radius 1 is 1.04 bits per heavy atom. The summed E-state index contributed by atoms with van der Waals surface area (Å²) >= 11 is 0. The van der Waals surface area contributed by atoms with Crippen molar-refractivity contribution in [3.8, 4) is 28.7 Å². The number of nitrogens with zero attached hydrogens (tertiary/aromatic N) is 1. The average Bonchev–Trinajstić information content (AvgIpc) is 3.30. The minimum Gasteiger partial charge on any atom is -0.492 e. The van der Waals surface area contributed by atoms with E-state index in [4.69, 9.17) is 23.7 Å². The Labute approximate surface area is 152 Å². The van der Waals surface area contributed by atoms with Crippen LogP contribution in [0, 0.1) is 0 Å². The second-order valence-corrected chi connectivity index (χ2v) is 6.85. The topological polar surface area (TPSA) is 49.4 Å². The molecular formula is C20H21NO5. The Balaban J connectivity index is 1.54. The van der Waals surface area contributed by atoms with Gasteiger partial charge in [0.05, 0.1) is 7.11 Å². The molecule has 3 aliphatic rings. The highest BCUT2D eigenvalue weighted by molar-refractivity contribution is 5.58. The lowest BCUT2D eigenvalue weighted by atomic mass is 9.88. The van der Waals surface area contributed by atoms with E-state index in [-0.39, 0.29) is 12.8 Å². The fourth-order valence-electron chi connectivity index (χ4n) is 4.06. The first kappa shape index (κ1) is 15.6. The third kappa shape index (κ3) is 2.36. The maximum absolute atomic E-state index is 5.66. The predicted octanol–water partition coefficient (Wildman–Crippen LogP) is 2.92. The van der Waals surface area contributed by atoms with E-state index >= 15 is 0 Å². The molecule has 0 saturated heterocycles. The Morgan fingerprint density at radius 3 is 2.65 bits per heavy atom. The van der Waals surface area contributed by atoms with Crippen LogP contribution in [0.25, 0.3) is 0 Å². The molecule has 3 heterocycles. The summed E-state index contributed by atoms with van der Waals surface area (Å²) in [5.41, 5.74) is 3.74. The molecule has 136 valence electrons. The van der Waals surface area contributed by atoms with Crippen LogP contribution in [0.5, 0.6) is 28.7 Å². The molecule has 0 saturated carbocycles. The van der Waals surface area contributed by atoms with Crippen molar-refractivity contribution in [2.75, 3.05) is 34.3 Å². The molecule has 26 heavy (non-hydrogen) atoms. The minimum absolute atomic E-state index is 0.238. The van der Waals surface area contributed by atoms with Crippen molar-refractivity contribution in [3.05, 3.63) is 41.0 Å². The summed E-state index contributed by atoms with van der Waals surface area (Å²) in [5, 5.41) is 0. The van der Waals surface area contributed by atoms with Crippen molar-refractivity contribution < 1.29 is 23.7 Å². The van der Waals surface area contributed by atoms with Crippen molar-refractivity contribution in [1.82, 2.24) is 4.90 Å². The zero-order valence-corrected chi connectivity index (χ0v) is 14.9. The van der Waals surface area contributed by atoms with Crippen LogP contribution in [0.3, 0.4) is 0 Å². The molecule has 1 atom stereocenters. The third-order valence-electron chi connectivity index (χ3n) is 5.45. The van der Waals surface area contributed by atoms with Crippen molar-refractivity contribution >= 4 is 0 Å². The van der Waals surface area contributed by atoms with Gasteiger partial charge in [0.1, 0.15) is 0 Å². The van der Waals surface area contributed by atoms with Gasteiger partial charge in [-0.25, -0.2) is 0 Å². The molecule has 5 rings (SSSR count). The fourth-order valence-corrected chi connectivity index (χ4v) is 4.06. The van der Waals surface area contributed by atoms with Gasteiger partial charge in [0.2, 0.25) is 19.3 Å². The van der Waals surface area contributed by atoms with Gasteiger partial charge >= 0.3 is 0 Å². The van der Waals surface area contributed by atoms with Crippen LogP contribution in [0.1, 0.15) is 22.7 Å². The summed E-state index contributed by atoms with van der Waals surface area (Å²) in [6, 6.07) is 8.54. The summed E-state index contributed by atoms with van der Waals surface area (Å²) in [5.74, 6) is 3.90. The van der Waals surface area contributed by atoms with E-state index < -0.39 is 0 Å². The van der Waals surface area contributed by atoms with Crippen LogP contribution in [-0.4, -0.2) is 39.2 Å². The van der Waals surface area contributed by atoms with Gasteiger partial charge in [0.25, 0.3) is 0 Å². The van der Waals surface area contributed by atoms with E-state index in [0.717, 1.165) is 47.9 Å². The Morgan fingerprint density at radius 2 is 1.81 bits per heavy atom. The maximum atomic E-state index is 5.66. The molecule has 0 N–H and O–H groups in total. The van der Waals surface area contributed by atoms with Crippen molar-refractivity contribution in [1.29, 1.82) is 0 Å². The molecule has 6 nitrogen and oxygen atoms in total. The van der Waals surface area contributed by atoms with Gasteiger partial charge in [-0.2, -0.15) is 0 Å². The van der Waals surface area contributed by atoms with E-state index in [9.17, 15) is 0 Å². The number of ether oxygens (including phenoxy) is 5. The number of hydrogen-bond donors (Lipinski definition) is 0. The second kappa shape index (κ2) is 5.99. The van der Waals surface area contributed by atoms with Crippen LogP contribution < -0.4 is 23.7 Å². The van der Waals surface area contributed by atoms with E-state index in [1.54, 1.807) is 7.11 Å². The molecule has 0 spiro atoms. The lowest BCUT2D eigenvalue weighted by Crippen LogP contribution is -2.33. The number of rotatable bonds is 3. The average molecular weight is 355 g/mol. The zero-order chi connectivity index (χ0) is 17.7. The molecule has 0 fully saturated rings. The molecule has 3 aliphatic heterocycles. The SMILES string of the molecule is COc1c(C[C@H]2c3cc4c(cc3CCN2C)OCO4)ccc2c1OCO2. The van der Waals surface area contributed by atoms with Crippen molar-refractivity contribution in [2.24, 2.45) is 0 Å². The molecule has 0 bridgehead atoms. The summed E-state index contributed by atoms with van der Waals surface area (Å²) < 4.78 is 27.9. The Kier molecular flexibility index (Phi) is 3.60. The van der Waals surface area contributed by atoms with Crippen LogP contribution >= 0.6 is 0 Å². The van der Waals surface area contributed by atoms with Gasteiger partial charge in [-0.3, -0.25) is 4.90 Å². The van der Waals surface area contributed by atoms with E-state index in [2.05, 4.69) is 30.1 Å². The lowest BCUT2D eigenvalue weighted by Gasteiger charge is -2.35. The standard InChI is InChI=1S/C20H21NO5/c1-21-6-5-12-8-17-18(25-10-24-17)9-14(12)15(21)7-13-3-4-16-20(19(13)22-2)26-11-23-16/h3-4,8-9,15H,5-7,10-11H2,1-2H3/t15-/m0/s1. The van der Waals surface area contributed by atoms with Gasteiger partial charge in [0, 0.05) is 18.2 Å². The number of likely N-dealkylation sites (N-methyl/N-ethyl adjacent to an activating group) is 1. The highest BCUT2D eigenvalue weighted by atomic mass is 16.7. The van der Waals surface area contributed by atoms with Crippen LogP contribution in [0.2, 0.25) is 0 Å². The lowest BCUT2D eigenvalue weighted by molar-refractivity contribution is 0.171. The maximum Gasteiger partial charge on any atom is 0.231 e. The van der Waals surface area contributed by atoms with Crippen LogP contribution in [0.4, 0.5) is 0 Å². The molecule has 0 radical (unpaired) electrons. The monoisotopic (exact) mass is 355 g/mol. The van der Waals surface area contributed by atoms with Crippen LogP contribution in [0.15, 0.2) is 24.3 Å². The minimum atomic E-state index is 0.238. The van der Waals surface area contributed by atoms with E-state index in [1.165, 1.54) is 11.1 Å². The summed E-state index contributed by atoms with van der Waals surface area (Å²) in [6.45, 7) is 1.55. The molecule has 2 aromatic carbocycles. The summed E-state index contributed by atoms with van der Waals surface area (Å²) in [7, 11) is 3.84. The highest BCUT2D eigenvalue weighted by Gasteiger charge is 2.30. The summed E-state index contributed by atoms with van der Waals surface area (Å²) in [4.78, 5) is 2.38. The molecule has 0 amide bonds. The smallest absolute Gasteiger partial charge is 0.231 e. The number of fused-ring (bicyclic) bond motifs is 3. The largest absolute Gasteiger partial charge is 0.492 e. The predicted molar refractivity (Wildman–Crippen MR) is 94.5 cm³/mol. The molecule has 0 aliphatic carbocycles. The molecule has 0 aromatic heterocycles. The fraction of sp³-hybridized carbons (Fsp3) is 0.400. The first-order valence-electron chi connectivity index (χ1n) is 8.82. The Bertz CT molecular complexity index is 866. The first-order chi connectivity index (χ1) is 12.7. The molecule has 0 unspecified atom stereocenters. The molecule has 2 aromatic rings. The van der Waals surface area contributed by atoms with Gasteiger partial charge in [-0.05, 0) is 49.2 Å². The second-order valence-electron chi connectivity index (χ2n) is 6.85. The van der Waals surface area contributed by atoms with E-state index in [0.29, 0.717) is 12.5 Å². The normalized spacial score (nSPS) is 20.2. The van der Waals surface area contributed by atoms with Crippen molar-refractivity contribution in [2.45, 2.75) is 18.9 Å². The third-order valence-corrected chi connectivity index (χ3v) is 5.45. The first-order valence-corrected chi connectivity index (χ1v) is 8.82. The number of hydrogen-bond acceptors (Lipinski definition) is 6. The summed E-state index contributed by atoms with van der Waals surface area (Å²) in [6.07, 6.45) is 1.83. The number of benzene rings is 2. The molecule has 6 heteroatoms. The van der Waals surface area contributed by atoms with Crippen molar-refractivity contribution in [3.63, 3.8) is 0 Å². The van der Waals surface area contributed by atoms with Gasteiger partial charge < -0.3 is 23.7 Å². The van der Waals surface area contributed by atoms with Gasteiger partial charge in [-0.15, -0.1) is 0 Å². The van der Waals surface area contributed by atoms with Gasteiger partial charge in [-0.1, -0.05) is 6.07 Å². The zero-order valence-electron chi connectivity index (χ0n) is 14.9. The molecular weight excluding hydrogens is 334 g/mol. The Hall–Kier alpha value is -2.60. The van der Waals surface area contributed by atoms with E-state index in [1.807, 2.05) is 6.07 Å². The highest BCUT2D eigenvalue weighted by Crippen LogP contribution is 2.46. The van der Waals surface area contributed by atoms with Crippen LogP contribution in [-0.2, 0) is 12.8 Å². The number of methoxy groups -OCH3 is 1. The van der Waals surface area contributed by atoms with Gasteiger partial charge in [0.15, 0.2) is 23.0 Å².